The van der Waals surface area contributed by atoms with Gasteiger partial charge in [0.1, 0.15) is 5.78 Å². The molecule has 4 nitrogen and oxygen atoms in total. The fraction of sp³-hybridized carbons (Fsp3) is 0.625. The lowest BCUT2D eigenvalue weighted by molar-refractivity contribution is -0.116. The van der Waals surface area contributed by atoms with E-state index in [1.54, 1.807) is 6.92 Å². The van der Waals surface area contributed by atoms with Crippen molar-refractivity contribution in [3.05, 3.63) is 11.4 Å². The number of nitrogens with one attached hydrogen (secondary N) is 1. The number of rotatable bonds is 3. The zero-order valence-electron chi connectivity index (χ0n) is 7.59. The number of aromatic nitrogens is 3. The monoisotopic (exact) mass is 167 g/mol. The lowest BCUT2D eigenvalue weighted by Gasteiger charge is -2.00. The molecule has 0 aromatic carbocycles. The molecule has 1 rings (SSSR count). The van der Waals surface area contributed by atoms with Crippen molar-refractivity contribution in [3.8, 4) is 0 Å². The Kier molecular flexibility index (Phi) is 2.58. The normalized spacial score (nSPS) is 10.7. The van der Waals surface area contributed by atoms with Crippen LogP contribution in [-0.4, -0.2) is 21.2 Å². The summed E-state index contributed by atoms with van der Waals surface area (Å²) in [5.74, 6) is 0.434. The first-order valence-electron chi connectivity index (χ1n) is 4.00. The van der Waals surface area contributed by atoms with Crippen molar-refractivity contribution in [2.75, 3.05) is 0 Å². The third-order valence-electron chi connectivity index (χ3n) is 1.61. The fourth-order valence-corrected chi connectivity index (χ4v) is 1.09. The predicted molar refractivity (Wildman–Crippen MR) is 44.9 cm³/mol. The van der Waals surface area contributed by atoms with E-state index in [1.807, 2.05) is 13.8 Å². The largest absolute Gasteiger partial charge is 0.300 e. The van der Waals surface area contributed by atoms with E-state index in [0.29, 0.717) is 12.3 Å². The highest BCUT2D eigenvalue weighted by Gasteiger charge is 2.12. The quantitative estimate of drug-likeness (QED) is 0.732. The van der Waals surface area contributed by atoms with Crippen molar-refractivity contribution in [1.82, 2.24) is 15.4 Å². The Hall–Kier alpha value is -1.19. The number of carbonyl (C=O) groups excluding carboxylic acids is 1. The molecule has 1 N–H and O–H groups in total. The van der Waals surface area contributed by atoms with Crippen LogP contribution in [-0.2, 0) is 11.2 Å². The molecule has 4 heteroatoms. The van der Waals surface area contributed by atoms with Gasteiger partial charge < -0.3 is 0 Å². The Bertz CT molecular complexity index is 278. The summed E-state index contributed by atoms with van der Waals surface area (Å²) in [5, 5.41) is 10.4. The van der Waals surface area contributed by atoms with Crippen LogP contribution in [0.2, 0.25) is 0 Å². The van der Waals surface area contributed by atoms with Gasteiger partial charge in [-0.3, -0.25) is 4.79 Å². The van der Waals surface area contributed by atoms with E-state index >= 15 is 0 Å². The molecule has 0 fully saturated rings. The highest BCUT2D eigenvalue weighted by molar-refractivity contribution is 5.77. The van der Waals surface area contributed by atoms with Gasteiger partial charge in [0.15, 0.2) is 0 Å². The van der Waals surface area contributed by atoms with Crippen molar-refractivity contribution in [2.24, 2.45) is 0 Å². The molecule has 0 aliphatic carbocycles. The number of aromatic amines is 1. The van der Waals surface area contributed by atoms with Crippen molar-refractivity contribution < 1.29 is 4.79 Å². The SMILES string of the molecule is CC(=O)Cc1n[nH]nc1C(C)C. The second-order valence-electron chi connectivity index (χ2n) is 3.19. The number of H-pyrrole nitrogens is 1. The Balaban J connectivity index is 2.84. The predicted octanol–water partition coefficient (Wildman–Crippen LogP) is 1.06. The Morgan fingerprint density at radius 3 is 2.67 bits per heavy atom. The second kappa shape index (κ2) is 3.47. The molecule has 1 heterocycles. The summed E-state index contributed by atoms with van der Waals surface area (Å²) in [6.07, 6.45) is 0.379. The Morgan fingerprint density at radius 1 is 1.50 bits per heavy atom. The molecule has 66 valence electrons. The maximum atomic E-state index is 10.8. The van der Waals surface area contributed by atoms with E-state index in [1.165, 1.54) is 0 Å². The van der Waals surface area contributed by atoms with E-state index in [-0.39, 0.29) is 5.78 Å². The van der Waals surface area contributed by atoms with Crippen LogP contribution in [0.15, 0.2) is 0 Å². The molecule has 12 heavy (non-hydrogen) atoms. The molecule has 0 atom stereocenters. The standard InChI is InChI=1S/C8H13N3O/c1-5(2)8-7(4-6(3)12)9-11-10-8/h5H,4H2,1-3H3,(H,9,10,11). The van der Waals surface area contributed by atoms with Gasteiger partial charge in [-0.2, -0.15) is 15.4 Å². The van der Waals surface area contributed by atoms with Gasteiger partial charge in [-0.05, 0) is 12.8 Å². The molecule has 0 aliphatic heterocycles. The highest BCUT2D eigenvalue weighted by atomic mass is 16.1. The topological polar surface area (TPSA) is 58.6 Å². The average molecular weight is 167 g/mol. The molecule has 1 aromatic heterocycles. The number of nitrogens with zero attached hydrogens (tertiary/aromatic N) is 2. The van der Waals surface area contributed by atoms with Crippen LogP contribution in [0.4, 0.5) is 0 Å². The Morgan fingerprint density at radius 2 is 2.17 bits per heavy atom. The number of ketones is 1. The summed E-state index contributed by atoms with van der Waals surface area (Å²) in [7, 11) is 0. The van der Waals surface area contributed by atoms with Gasteiger partial charge in [-0.25, -0.2) is 0 Å². The summed E-state index contributed by atoms with van der Waals surface area (Å²) in [6, 6.07) is 0. The minimum absolute atomic E-state index is 0.116. The lowest BCUT2D eigenvalue weighted by Crippen LogP contribution is -2.01. The minimum atomic E-state index is 0.116. The molecule has 0 radical (unpaired) electrons. The molecule has 1 aromatic rings. The summed E-state index contributed by atoms with van der Waals surface area (Å²) in [5.41, 5.74) is 1.67. The molecular weight excluding hydrogens is 154 g/mol. The molecule has 0 amide bonds. The highest BCUT2D eigenvalue weighted by Crippen LogP contribution is 2.14. The van der Waals surface area contributed by atoms with Crippen LogP contribution in [0, 0.1) is 0 Å². The van der Waals surface area contributed by atoms with E-state index in [4.69, 9.17) is 0 Å². The number of hydrogen-bond donors (Lipinski definition) is 1. The van der Waals surface area contributed by atoms with Crippen LogP contribution < -0.4 is 0 Å². The van der Waals surface area contributed by atoms with Gasteiger partial charge in [-0.15, -0.1) is 0 Å². The van der Waals surface area contributed by atoms with Crippen molar-refractivity contribution in [2.45, 2.75) is 33.1 Å². The van der Waals surface area contributed by atoms with Gasteiger partial charge in [0.2, 0.25) is 0 Å². The maximum Gasteiger partial charge on any atom is 0.135 e. The molecule has 0 saturated carbocycles. The molecule has 0 unspecified atom stereocenters. The third kappa shape index (κ3) is 1.90. The van der Waals surface area contributed by atoms with Gasteiger partial charge >= 0.3 is 0 Å². The molecule has 0 spiro atoms. The van der Waals surface area contributed by atoms with Gasteiger partial charge in [0, 0.05) is 0 Å². The first-order chi connectivity index (χ1) is 5.61. The van der Waals surface area contributed by atoms with Crippen LogP contribution in [0.5, 0.6) is 0 Å². The van der Waals surface area contributed by atoms with Crippen LogP contribution >= 0.6 is 0 Å². The zero-order chi connectivity index (χ0) is 9.14. The maximum absolute atomic E-state index is 10.8. The summed E-state index contributed by atoms with van der Waals surface area (Å²) < 4.78 is 0. The van der Waals surface area contributed by atoms with Crippen LogP contribution in [0.1, 0.15) is 38.1 Å². The van der Waals surface area contributed by atoms with Gasteiger partial charge in [0.05, 0.1) is 17.8 Å². The number of hydrogen-bond acceptors (Lipinski definition) is 3. The number of Topliss-reactive ketones (excluding diaryl/α,β-unsaturated/α-hetero) is 1. The molecule has 0 bridgehead atoms. The van der Waals surface area contributed by atoms with E-state index < -0.39 is 0 Å². The fourth-order valence-electron chi connectivity index (χ4n) is 1.09. The lowest BCUT2D eigenvalue weighted by atomic mass is 10.1. The van der Waals surface area contributed by atoms with Gasteiger partial charge in [-0.1, -0.05) is 13.8 Å². The van der Waals surface area contributed by atoms with E-state index in [2.05, 4.69) is 15.4 Å². The summed E-state index contributed by atoms with van der Waals surface area (Å²) >= 11 is 0. The first-order valence-corrected chi connectivity index (χ1v) is 4.00. The van der Waals surface area contributed by atoms with Crippen molar-refractivity contribution in [1.29, 1.82) is 0 Å². The minimum Gasteiger partial charge on any atom is -0.300 e. The number of carbonyl (C=O) groups is 1. The molecule has 0 aliphatic rings. The summed E-state index contributed by atoms with van der Waals surface area (Å²) in [6.45, 7) is 5.61. The second-order valence-corrected chi connectivity index (χ2v) is 3.19. The third-order valence-corrected chi connectivity index (χ3v) is 1.61. The van der Waals surface area contributed by atoms with Crippen molar-refractivity contribution >= 4 is 5.78 Å². The van der Waals surface area contributed by atoms with Crippen molar-refractivity contribution in [3.63, 3.8) is 0 Å². The average Bonchev–Trinajstić information content (AvgIpc) is 2.33. The van der Waals surface area contributed by atoms with E-state index in [0.717, 1.165) is 11.4 Å². The summed E-state index contributed by atoms with van der Waals surface area (Å²) in [4.78, 5) is 10.8. The molecule has 0 saturated heterocycles. The van der Waals surface area contributed by atoms with E-state index in [9.17, 15) is 4.79 Å². The smallest absolute Gasteiger partial charge is 0.135 e. The first kappa shape index (κ1) is 8.90. The van der Waals surface area contributed by atoms with Crippen LogP contribution in [0.3, 0.4) is 0 Å². The Labute approximate surface area is 71.4 Å². The zero-order valence-corrected chi connectivity index (χ0v) is 7.59. The van der Waals surface area contributed by atoms with Crippen LogP contribution in [0.25, 0.3) is 0 Å². The molecular formula is C8H13N3O. The van der Waals surface area contributed by atoms with Gasteiger partial charge in [0.25, 0.3) is 0 Å².